The lowest BCUT2D eigenvalue weighted by Crippen LogP contribution is -2.48. The fraction of sp³-hybridized carbons (Fsp3) is 0.462. The minimum atomic E-state index is 0.0203. The van der Waals surface area contributed by atoms with Crippen molar-refractivity contribution in [3.8, 4) is 0 Å². The summed E-state index contributed by atoms with van der Waals surface area (Å²) in [5, 5.41) is 0. The molecule has 6 heteroatoms. The molecule has 170 valence electrons. The number of piperazine rings is 1. The van der Waals surface area contributed by atoms with E-state index in [0.29, 0.717) is 18.1 Å². The molecule has 0 spiro atoms. The minimum absolute atomic E-state index is 0.0203. The number of amides is 2. The topological polar surface area (TPSA) is 57.0 Å². The van der Waals surface area contributed by atoms with Crippen LogP contribution in [0.2, 0.25) is 0 Å². The van der Waals surface area contributed by atoms with Crippen molar-refractivity contribution in [1.82, 2.24) is 14.7 Å². The van der Waals surface area contributed by atoms with Gasteiger partial charge in [-0.3, -0.25) is 14.5 Å². The van der Waals surface area contributed by atoms with E-state index in [-0.39, 0.29) is 11.8 Å². The molecule has 2 aliphatic heterocycles. The van der Waals surface area contributed by atoms with Crippen molar-refractivity contribution in [3.05, 3.63) is 66.1 Å². The predicted octanol–water partition coefficient (Wildman–Crippen LogP) is 3.66. The smallest absolute Gasteiger partial charge is 0.246 e. The van der Waals surface area contributed by atoms with Gasteiger partial charge in [0, 0.05) is 58.3 Å². The van der Waals surface area contributed by atoms with Gasteiger partial charge in [-0.25, -0.2) is 0 Å². The first-order chi connectivity index (χ1) is 15.7. The Balaban J connectivity index is 1.17. The van der Waals surface area contributed by atoms with Gasteiger partial charge in [-0.1, -0.05) is 30.3 Å². The Kier molecular flexibility index (Phi) is 7.77. The number of rotatable bonds is 7. The summed E-state index contributed by atoms with van der Waals surface area (Å²) in [5.41, 5.74) is 1.32. The molecule has 2 aromatic rings. The van der Waals surface area contributed by atoms with Crippen LogP contribution < -0.4 is 0 Å². The molecule has 3 heterocycles. The third-order valence-electron chi connectivity index (χ3n) is 6.50. The molecule has 4 rings (SSSR count). The maximum atomic E-state index is 12.8. The van der Waals surface area contributed by atoms with Crippen LogP contribution in [0, 0.1) is 5.92 Å². The molecular weight excluding hydrogens is 402 g/mol. The summed E-state index contributed by atoms with van der Waals surface area (Å²) >= 11 is 0. The van der Waals surface area contributed by atoms with Crippen LogP contribution >= 0.6 is 0 Å². The SMILES string of the molecule is O=C(/C=C/c1ccco1)N1CCC[C@H](CCC(=O)N2CCN(Cc3ccccc3)CC2)C1. The molecule has 2 amide bonds. The zero-order valence-corrected chi connectivity index (χ0v) is 18.7. The molecule has 0 aliphatic carbocycles. The fourth-order valence-electron chi connectivity index (χ4n) is 4.63. The van der Waals surface area contributed by atoms with Crippen LogP contribution in [-0.4, -0.2) is 65.8 Å². The quantitative estimate of drug-likeness (QED) is 0.623. The molecule has 0 saturated carbocycles. The Bertz CT molecular complexity index is 886. The van der Waals surface area contributed by atoms with Gasteiger partial charge in [0.25, 0.3) is 0 Å². The highest BCUT2D eigenvalue weighted by molar-refractivity contribution is 5.91. The monoisotopic (exact) mass is 435 g/mol. The number of nitrogens with zero attached hydrogens (tertiary/aromatic N) is 3. The molecule has 0 bridgehead atoms. The standard InChI is InChI=1S/C26H33N3O3/c30-25(28-17-15-27(16-18-28)20-22-6-2-1-3-7-22)12-10-23-8-4-14-29(21-23)26(31)13-11-24-9-5-19-32-24/h1-3,5-7,9,11,13,19,23H,4,8,10,12,14-18,20-21H2/b13-11+/t23-/m1/s1. The van der Waals surface area contributed by atoms with Crippen LogP contribution in [0.3, 0.4) is 0 Å². The van der Waals surface area contributed by atoms with Crippen LogP contribution in [0.25, 0.3) is 6.08 Å². The normalized spacial score (nSPS) is 20.1. The summed E-state index contributed by atoms with van der Waals surface area (Å²) in [6.07, 6.45) is 8.42. The lowest BCUT2D eigenvalue weighted by Gasteiger charge is -2.36. The second-order valence-corrected chi connectivity index (χ2v) is 8.82. The van der Waals surface area contributed by atoms with Crippen LogP contribution in [0.1, 0.15) is 37.0 Å². The average molecular weight is 436 g/mol. The van der Waals surface area contributed by atoms with Crippen LogP contribution in [0.5, 0.6) is 0 Å². The molecule has 2 aliphatic rings. The van der Waals surface area contributed by atoms with Gasteiger partial charge >= 0.3 is 0 Å². The average Bonchev–Trinajstić information content (AvgIpc) is 3.36. The van der Waals surface area contributed by atoms with E-state index in [1.54, 1.807) is 24.5 Å². The number of hydrogen-bond acceptors (Lipinski definition) is 4. The first kappa shape index (κ1) is 22.3. The van der Waals surface area contributed by atoms with Crippen molar-refractivity contribution in [2.45, 2.75) is 32.2 Å². The molecule has 0 radical (unpaired) electrons. The lowest BCUT2D eigenvalue weighted by molar-refractivity contribution is -0.133. The third-order valence-corrected chi connectivity index (χ3v) is 6.50. The van der Waals surface area contributed by atoms with Crippen molar-refractivity contribution >= 4 is 17.9 Å². The van der Waals surface area contributed by atoms with Crippen LogP contribution in [0.4, 0.5) is 0 Å². The maximum Gasteiger partial charge on any atom is 0.246 e. The van der Waals surface area contributed by atoms with Gasteiger partial charge in [0.05, 0.1) is 6.26 Å². The van der Waals surface area contributed by atoms with Crippen molar-refractivity contribution in [1.29, 1.82) is 0 Å². The molecular formula is C26H33N3O3. The number of piperidine rings is 1. The van der Waals surface area contributed by atoms with Crippen LogP contribution in [-0.2, 0) is 16.1 Å². The van der Waals surface area contributed by atoms with Gasteiger partial charge in [-0.15, -0.1) is 0 Å². The molecule has 1 aromatic carbocycles. The second-order valence-electron chi connectivity index (χ2n) is 8.82. The molecule has 0 N–H and O–H groups in total. The van der Waals surface area contributed by atoms with Crippen molar-refractivity contribution in [3.63, 3.8) is 0 Å². The summed E-state index contributed by atoms with van der Waals surface area (Å²) in [5.74, 6) is 1.35. The summed E-state index contributed by atoms with van der Waals surface area (Å²) in [6.45, 7) is 5.93. The summed E-state index contributed by atoms with van der Waals surface area (Å²) in [6, 6.07) is 14.1. The number of benzene rings is 1. The van der Waals surface area contributed by atoms with E-state index < -0.39 is 0 Å². The van der Waals surface area contributed by atoms with Gasteiger partial charge in [-0.2, -0.15) is 0 Å². The summed E-state index contributed by atoms with van der Waals surface area (Å²) in [7, 11) is 0. The van der Waals surface area contributed by atoms with E-state index in [0.717, 1.165) is 65.1 Å². The summed E-state index contributed by atoms with van der Waals surface area (Å²) in [4.78, 5) is 31.6. The minimum Gasteiger partial charge on any atom is -0.465 e. The highest BCUT2D eigenvalue weighted by Gasteiger charge is 2.25. The van der Waals surface area contributed by atoms with Gasteiger partial charge in [0.2, 0.25) is 11.8 Å². The Hall–Kier alpha value is -2.86. The molecule has 1 aromatic heterocycles. The number of likely N-dealkylation sites (tertiary alicyclic amines) is 1. The second kappa shape index (κ2) is 11.1. The Morgan fingerprint density at radius 3 is 2.53 bits per heavy atom. The van der Waals surface area contributed by atoms with E-state index in [2.05, 4.69) is 29.2 Å². The number of furan rings is 1. The van der Waals surface area contributed by atoms with E-state index >= 15 is 0 Å². The fourth-order valence-corrected chi connectivity index (χ4v) is 4.63. The molecule has 2 saturated heterocycles. The zero-order valence-electron chi connectivity index (χ0n) is 18.7. The summed E-state index contributed by atoms with van der Waals surface area (Å²) < 4.78 is 5.25. The highest BCUT2D eigenvalue weighted by Crippen LogP contribution is 2.22. The molecule has 2 fully saturated rings. The maximum absolute atomic E-state index is 12.8. The zero-order chi connectivity index (χ0) is 22.2. The van der Waals surface area contributed by atoms with Crippen molar-refractivity contribution < 1.29 is 14.0 Å². The predicted molar refractivity (Wildman–Crippen MR) is 125 cm³/mol. The van der Waals surface area contributed by atoms with Gasteiger partial charge in [0.15, 0.2) is 0 Å². The number of carbonyl (C=O) groups is 2. The van der Waals surface area contributed by atoms with Gasteiger partial charge in [-0.05, 0) is 49.0 Å². The van der Waals surface area contributed by atoms with Gasteiger partial charge in [0.1, 0.15) is 5.76 Å². The highest BCUT2D eigenvalue weighted by atomic mass is 16.3. The molecule has 32 heavy (non-hydrogen) atoms. The largest absolute Gasteiger partial charge is 0.465 e. The molecule has 1 atom stereocenters. The van der Waals surface area contributed by atoms with Crippen molar-refractivity contribution in [2.24, 2.45) is 5.92 Å². The molecule has 0 unspecified atom stereocenters. The number of hydrogen-bond donors (Lipinski definition) is 0. The number of carbonyl (C=O) groups excluding carboxylic acids is 2. The van der Waals surface area contributed by atoms with Crippen molar-refractivity contribution in [2.75, 3.05) is 39.3 Å². The van der Waals surface area contributed by atoms with E-state index in [4.69, 9.17) is 4.42 Å². The third kappa shape index (κ3) is 6.33. The lowest BCUT2D eigenvalue weighted by atomic mass is 9.93. The van der Waals surface area contributed by atoms with E-state index in [1.807, 2.05) is 21.9 Å². The van der Waals surface area contributed by atoms with E-state index in [1.165, 1.54) is 5.56 Å². The first-order valence-corrected chi connectivity index (χ1v) is 11.7. The van der Waals surface area contributed by atoms with E-state index in [9.17, 15) is 9.59 Å². The Morgan fingerprint density at radius 2 is 1.78 bits per heavy atom. The van der Waals surface area contributed by atoms with Gasteiger partial charge < -0.3 is 14.2 Å². The van der Waals surface area contributed by atoms with Crippen LogP contribution in [0.15, 0.2) is 59.2 Å². The Labute approximate surface area is 190 Å². The first-order valence-electron chi connectivity index (χ1n) is 11.7. The Morgan fingerprint density at radius 1 is 0.969 bits per heavy atom. The molecule has 6 nitrogen and oxygen atoms in total.